The average molecular weight is 429 g/mol. The molecule has 2 aromatic carbocycles. The quantitative estimate of drug-likeness (QED) is 0.686. The van der Waals surface area contributed by atoms with Crippen molar-refractivity contribution in [3.63, 3.8) is 0 Å². The first-order valence-corrected chi connectivity index (χ1v) is 10.9. The average Bonchev–Trinajstić information content (AvgIpc) is 3.40. The minimum atomic E-state index is -3.71. The second-order valence-electron chi connectivity index (χ2n) is 6.90. The Morgan fingerprint density at radius 2 is 1.78 bits per heavy atom. The van der Waals surface area contributed by atoms with Crippen LogP contribution in [0, 0.1) is 0 Å². The number of benzene rings is 2. The van der Waals surface area contributed by atoms with Crippen molar-refractivity contribution in [3.05, 3.63) is 58.1 Å². The van der Waals surface area contributed by atoms with Crippen LogP contribution in [0.3, 0.4) is 0 Å². The molecular weight excluding hydrogens is 407 g/mol. The summed E-state index contributed by atoms with van der Waals surface area (Å²) in [6, 6.07) is 11.1. The molecule has 1 aliphatic rings. The van der Waals surface area contributed by atoms with E-state index in [1.807, 2.05) is 19.0 Å². The SMILES string of the molecule is CN(C)C[C@H](NS(=O)(=O)c1ccc(OC2CC2)cc1)c1ccc(Cl)c(Cl)c1. The van der Waals surface area contributed by atoms with Gasteiger partial charge in [0.1, 0.15) is 5.75 Å². The Kier molecular flexibility index (Phi) is 6.33. The molecule has 1 aliphatic carbocycles. The predicted molar refractivity (Wildman–Crippen MR) is 108 cm³/mol. The van der Waals surface area contributed by atoms with Crippen molar-refractivity contribution in [2.45, 2.75) is 29.9 Å². The molecule has 0 heterocycles. The zero-order chi connectivity index (χ0) is 19.6. The molecule has 1 atom stereocenters. The first kappa shape index (κ1) is 20.4. The third-order valence-corrected chi connectivity index (χ3v) is 6.38. The van der Waals surface area contributed by atoms with Gasteiger partial charge in [0.25, 0.3) is 0 Å². The summed E-state index contributed by atoms with van der Waals surface area (Å²) in [6.07, 6.45) is 2.37. The topological polar surface area (TPSA) is 58.6 Å². The Morgan fingerprint density at radius 1 is 1.11 bits per heavy atom. The molecule has 1 saturated carbocycles. The van der Waals surface area contributed by atoms with E-state index in [2.05, 4.69) is 4.72 Å². The van der Waals surface area contributed by atoms with Gasteiger partial charge in [0, 0.05) is 6.54 Å². The molecule has 0 amide bonds. The Hall–Kier alpha value is -1.31. The number of halogens is 2. The van der Waals surface area contributed by atoms with Crippen molar-refractivity contribution in [1.82, 2.24) is 9.62 Å². The smallest absolute Gasteiger partial charge is 0.241 e. The maximum absolute atomic E-state index is 12.9. The Bertz CT molecular complexity index is 898. The van der Waals surface area contributed by atoms with Crippen molar-refractivity contribution < 1.29 is 13.2 Å². The largest absolute Gasteiger partial charge is 0.490 e. The van der Waals surface area contributed by atoms with E-state index in [4.69, 9.17) is 27.9 Å². The summed E-state index contributed by atoms with van der Waals surface area (Å²) in [6.45, 7) is 0.472. The molecule has 0 spiro atoms. The molecule has 146 valence electrons. The van der Waals surface area contributed by atoms with Gasteiger partial charge in [0.05, 0.1) is 27.1 Å². The van der Waals surface area contributed by atoms with Crippen molar-refractivity contribution in [1.29, 1.82) is 0 Å². The number of nitrogens with one attached hydrogen (secondary N) is 1. The van der Waals surface area contributed by atoms with Gasteiger partial charge >= 0.3 is 0 Å². The first-order chi connectivity index (χ1) is 12.7. The Balaban J connectivity index is 1.81. The van der Waals surface area contributed by atoms with Gasteiger partial charge in [-0.05, 0) is 68.9 Å². The fraction of sp³-hybridized carbons (Fsp3) is 0.368. The molecule has 27 heavy (non-hydrogen) atoms. The third kappa shape index (κ3) is 5.59. The second-order valence-corrected chi connectivity index (χ2v) is 9.43. The number of nitrogens with zero attached hydrogens (tertiary/aromatic N) is 1. The van der Waals surface area contributed by atoms with Gasteiger partial charge in [0.15, 0.2) is 0 Å². The minimum Gasteiger partial charge on any atom is -0.490 e. The van der Waals surface area contributed by atoms with Crippen LogP contribution >= 0.6 is 23.2 Å². The summed E-state index contributed by atoms with van der Waals surface area (Å²) < 4.78 is 34.2. The van der Waals surface area contributed by atoms with Crippen LogP contribution in [0.25, 0.3) is 0 Å². The third-order valence-electron chi connectivity index (χ3n) is 4.15. The molecule has 0 bridgehead atoms. The molecule has 8 heteroatoms. The van der Waals surface area contributed by atoms with Crippen LogP contribution in [0.2, 0.25) is 10.0 Å². The maximum atomic E-state index is 12.9. The van der Waals surface area contributed by atoms with E-state index < -0.39 is 16.1 Å². The summed E-state index contributed by atoms with van der Waals surface area (Å²) in [5.41, 5.74) is 0.746. The highest BCUT2D eigenvalue weighted by Gasteiger charge is 2.25. The minimum absolute atomic E-state index is 0.189. The molecule has 0 unspecified atom stereocenters. The van der Waals surface area contributed by atoms with E-state index in [1.165, 1.54) is 0 Å². The van der Waals surface area contributed by atoms with E-state index in [9.17, 15) is 8.42 Å². The van der Waals surface area contributed by atoms with E-state index in [1.54, 1.807) is 42.5 Å². The lowest BCUT2D eigenvalue weighted by Crippen LogP contribution is -2.35. The number of hydrogen-bond donors (Lipinski definition) is 1. The molecule has 3 rings (SSSR count). The number of sulfonamides is 1. The Morgan fingerprint density at radius 3 is 2.33 bits per heavy atom. The van der Waals surface area contributed by atoms with Gasteiger partial charge < -0.3 is 9.64 Å². The monoisotopic (exact) mass is 428 g/mol. The summed E-state index contributed by atoms with van der Waals surface area (Å²) in [5.74, 6) is 0.686. The van der Waals surface area contributed by atoms with Crippen LogP contribution in [-0.4, -0.2) is 40.1 Å². The molecule has 0 aliphatic heterocycles. The molecular formula is C19H22Cl2N2O3S. The number of ether oxygens (including phenoxy) is 1. The second kappa shape index (κ2) is 8.37. The van der Waals surface area contributed by atoms with Crippen molar-refractivity contribution >= 4 is 33.2 Å². The van der Waals surface area contributed by atoms with E-state index in [-0.39, 0.29) is 11.0 Å². The summed E-state index contributed by atoms with van der Waals surface area (Å²) in [5, 5.41) is 0.817. The lowest BCUT2D eigenvalue weighted by molar-refractivity contribution is 0.303. The molecule has 1 fully saturated rings. The summed E-state index contributed by atoms with van der Waals surface area (Å²) in [4.78, 5) is 2.09. The van der Waals surface area contributed by atoms with Crippen molar-refractivity contribution in [3.8, 4) is 5.75 Å². The van der Waals surface area contributed by atoms with Gasteiger partial charge in [-0.1, -0.05) is 29.3 Å². The van der Waals surface area contributed by atoms with E-state index in [0.717, 1.165) is 18.4 Å². The number of hydrogen-bond acceptors (Lipinski definition) is 4. The van der Waals surface area contributed by atoms with Gasteiger partial charge in [-0.15, -0.1) is 0 Å². The van der Waals surface area contributed by atoms with Crippen LogP contribution < -0.4 is 9.46 Å². The standard InChI is InChI=1S/C19H22Cl2N2O3S/c1-23(2)12-19(13-3-10-17(20)18(21)11-13)22-27(24,25)16-8-6-15(7-9-16)26-14-4-5-14/h3,6-11,14,19,22H,4-5,12H2,1-2H3/t19-/m0/s1. The fourth-order valence-electron chi connectivity index (χ4n) is 2.64. The lowest BCUT2D eigenvalue weighted by atomic mass is 10.1. The highest BCUT2D eigenvalue weighted by atomic mass is 35.5. The van der Waals surface area contributed by atoms with Crippen LogP contribution in [0.1, 0.15) is 24.4 Å². The van der Waals surface area contributed by atoms with Gasteiger partial charge in [-0.3, -0.25) is 0 Å². The van der Waals surface area contributed by atoms with Gasteiger partial charge in [0.2, 0.25) is 10.0 Å². The van der Waals surface area contributed by atoms with Crippen LogP contribution in [0.5, 0.6) is 5.75 Å². The van der Waals surface area contributed by atoms with Crippen LogP contribution in [0.4, 0.5) is 0 Å². The normalized spacial score (nSPS) is 15.7. The van der Waals surface area contributed by atoms with Gasteiger partial charge in [-0.2, -0.15) is 0 Å². The zero-order valence-electron chi connectivity index (χ0n) is 15.2. The highest BCUT2D eigenvalue weighted by Crippen LogP contribution is 2.29. The van der Waals surface area contributed by atoms with Crippen LogP contribution in [0.15, 0.2) is 47.4 Å². The maximum Gasteiger partial charge on any atom is 0.241 e. The first-order valence-electron chi connectivity index (χ1n) is 8.63. The summed E-state index contributed by atoms with van der Waals surface area (Å²) >= 11 is 12.1. The van der Waals surface area contributed by atoms with Crippen molar-refractivity contribution in [2.24, 2.45) is 0 Å². The van der Waals surface area contributed by atoms with E-state index >= 15 is 0 Å². The molecule has 5 nitrogen and oxygen atoms in total. The number of rotatable bonds is 8. The van der Waals surface area contributed by atoms with Crippen LogP contribution in [-0.2, 0) is 10.0 Å². The predicted octanol–water partition coefficient (Wildman–Crippen LogP) is 4.12. The van der Waals surface area contributed by atoms with Crippen molar-refractivity contribution in [2.75, 3.05) is 20.6 Å². The highest BCUT2D eigenvalue weighted by molar-refractivity contribution is 7.89. The zero-order valence-corrected chi connectivity index (χ0v) is 17.5. The molecule has 0 saturated heterocycles. The fourth-order valence-corrected chi connectivity index (χ4v) is 4.16. The molecule has 2 aromatic rings. The Labute approximate surface area is 170 Å². The molecule has 0 aromatic heterocycles. The van der Waals surface area contributed by atoms with E-state index in [0.29, 0.717) is 22.3 Å². The number of likely N-dealkylation sites (N-methyl/N-ethyl adjacent to an activating group) is 1. The molecule has 0 radical (unpaired) electrons. The molecule has 1 N–H and O–H groups in total. The lowest BCUT2D eigenvalue weighted by Gasteiger charge is -2.23. The van der Waals surface area contributed by atoms with Gasteiger partial charge in [-0.25, -0.2) is 13.1 Å². The summed E-state index contributed by atoms with van der Waals surface area (Å²) in [7, 11) is 0.0415.